The molecule has 0 spiro atoms. The molecule has 2 amide bonds. The van der Waals surface area contributed by atoms with E-state index < -0.39 is 0 Å². The summed E-state index contributed by atoms with van der Waals surface area (Å²) in [4.78, 5) is 24.9. The molecule has 0 bridgehead atoms. The van der Waals surface area contributed by atoms with Crippen LogP contribution >= 0.6 is 23.2 Å². The van der Waals surface area contributed by atoms with Gasteiger partial charge in [-0.2, -0.15) is 0 Å². The van der Waals surface area contributed by atoms with Crippen LogP contribution in [0.15, 0.2) is 18.2 Å². The molecule has 0 radical (unpaired) electrons. The first-order valence-corrected chi connectivity index (χ1v) is 7.20. The number of rotatable bonds is 6. The van der Waals surface area contributed by atoms with Crippen LogP contribution in [-0.2, 0) is 9.59 Å². The highest BCUT2D eigenvalue weighted by Crippen LogP contribution is 2.25. The zero-order valence-electron chi connectivity index (χ0n) is 11.6. The lowest BCUT2D eigenvalue weighted by Crippen LogP contribution is -2.37. The molecule has 0 aliphatic heterocycles. The van der Waals surface area contributed by atoms with Gasteiger partial charge < -0.3 is 10.2 Å². The second-order valence-corrected chi connectivity index (χ2v) is 5.31. The Labute approximate surface area is 129 Å². The highest BCUT2D eigenvalue weighted by molar-refractivity contribution is 6.35. The van der Waals surface area contributed by atoms with Crippen LogP contribution in [0.5, 0.6) is 0 Å². The average molecular weight is 317 g/mol. The van der Waals surface area contributed by atoms with Crippen LogP contribution in [0.25, 0.3) is 0 Å². The third kappa shape index (κ3) is 5.39. The maximum atomic E-state index is 11.9. The fraction of sp³-hybridized carbons (Fsp3) is 0.429. The molecule has 110 valence electrons. The zero-order valence-corrected chi connectivity index (χ0v) is 13.1. The van der Waals surface area contributed by atoms with Crippen molar-refractivity contribution < 1.29 is 9.59 Å². The van der Waals surface area contributed by atoms with Gasteiger partial charge in [0.15, 0.2) is 0 Å². The Morgan fingerprint density at radius 3 is 2.60 bits per heavy atom. The number of benzene rings is 1. The summed E-state index contributed by atoms with van der Waals surface area (Å²) in [5.41, 5.74) is 0.447. The monoisotopic (exact) mass is 316 g/mol. The number of hydrogen-bond donors (Lipinski definition) is 1. The molecule has 0 aliphatic rings. The minimum absolute atomic E-state index is 0.0121. The van der Waals surface area contributed by atoms with Gasteiger partial charge in [-0.05, 0) is 24.6 Å². The minimum atomic E-state index is -0.291. The van der Waals surface area contributed by atoms with E-state index in [1.807, 2.05) is 6.92 Å². The number of carbonyl (C=O) groups excluding carboxylic acids is 2. The van der Waals surface area contributed by atoms with E-state index in [-0.39, 0.29) is 18.4 Å². The number of hydrogen-bond acceptors (Lipinski definition) is 2. The molecule has 0 aromatic heterocycles. The lowest BCUT2D eigenvalue weighted by atomic mass is 10.3. The average Bonchev–Trinajstić information content (AvgIpc) is 2.38. The Kier molecular flexibility index (Phi) is 6.82. The van der Waals surface area contributed by atoms with Crippen LogP contribution in [-0.4, -0.2) is 29.8 Å². The molecule has 0 fully saturated rings. The van der Waals surface area contributed by atoms with Crippen molar-refractivity contribution >= 4 is 40.7 Å². The minimum Gasteiger partial charge on any atom is -0.334 e. The van der Waals surface area contributed by atoms with Gasteiger partial charge in [-0.15, -0.1) is 0 Å². The lowest BCUT2D eigenvalue weighted by molar-refractivity contribution is -0.132. The normalized spacial score (nSPS) is 10.2. The molecule has 0 unspecified atom stereocenters. The van der Waals surface area contributed by atoms with Crippen molar-refractivity contribution in [1.29, 1.82) is 0 Å². The van der Waals surface area contributed by atoms with Gasteiger partial charge >= 0.3 is 0 Å². The first-order valence-electron chi connectivity index (χ1n) is 6.44. The van der Waals surface area contributed by atoms with Crippen LogP contribution in [0.2, 0.25) is 10.0 Å². The van der Waals surface area contributed by atoms with Crippen molar-refractivity contribution in [2.45, 2.75) is 26.7 Å². The van der Waals surface area contributed by atoms with Gasteiger partial charge in [-0.25, -0.2) is 0 Å². The maximum Gasteiger partial charge on any atom is 0.244 e. The number of nitrogens with zero attached hydrogens (tertiary/aromatic N) is 1. The SMILES string of the molecule is CCCCN(CC(=O)Nc1cc(Cl)ccc1Cl)C(C)=O. The molecule has 0 saturated heterocycles. The first kappa shape index (κ1) is 16.8. The molecule has 20 heavy (non-hydrogen) atoms. The summed E-state index contributed by atoms with van der Waals surface area (Å²) >= 11 is 11.8. The zero-order chi connectivity index (χ0) is 15.1. The van der Waals surface area contributed by atoms with Gasteiger partial charge in [0.05, 0.1) is 17.3 Å². The van der Waals surface area contributed by atoms with Gasteiger partial charge in [0.2, 0.25) is 11.8 Å². The number of anilines is 1. The van der Waals surface area contributed by atoms with Crippen LogP contribution in [0.1, 0.15) is 26.7 Å². The third-order valence-corrected chi connectivity index (χ3v) is 3.33. The van der Waals surface area contributed by atoms with Gasteiger partial charge in [-0.3, -0.25) is 9.59 Å². The second kappa shape index (κ2) is 8.12. The summed E-state index contributed by atoms with van der Waals surface area (Å²) in [7, 11) is 0. The number of unbranched alkanes of at least 4 members (excludes halogenated alkanes) is 1. The Morgan fingerprint density at radius 2 is 2.00 bits per heavy atom. The van der Waals surface area contributed by atoms with E-state index in [0.29, 0.717) is 22.3 Å². The van der Waals surface area contributed by atoms with Crippen molar-refractivity contribution in [2.24, 2.45) is 0 Å². The van der Waals surface area contributed by atoms with Crippen molar-refractivity contribution in [3.05, 3.63) is 28.2 Å². The summed E-state index contributed by atoms with van der Waals surface area (Å²) in [5, 5.41) is 3.56. The van der Waals surface area contributed by atoms with Crippen LogP contribution < -0.4 is 5.32 Å². The van der Waals surface area contributed by atoms with Crippen LogP contribution in [0.3, 0.4) is 0 Å². The smallest absolute Gasteiger partial charge is 0.244 e. The molecule has 1 aromatic carbocycles. The van der Waals surface area contributed by atoms with E-state index in [1.165, 1.54) is 11.8 Å². The molecule has 0 aliphatic carbocycles. The summed E-state index contributed by atoms with van der Waals surface area (Å²) in [5.74, 6) is -0.411. The van der Waals surface area contributed by atoms with Crippen molar-refractivity contribution in [3.63, 3.8) is 0 Å². The highest BCUT2D eigenvalue weighted by Gasteiger charge is 2.14. The van der Waals surface area contributed by atoms with E-state index in [2.05, 4.69) is 5.32 Å². The standard InChI is InChI=1S/C14H18Cl2N2O2/c1-3-4-7-18(10(2)19)9-14(20)17-13-8-11(15)5-6-12(13)16/h5-6,8H,3-4,7,9H2,1-2H3,(H,17,20). The molecule has 1 aromatic rings. The third-order valence-electron chi connectivity index (χ3n) is 2.76. The molecule has 0 heterocycles. The Balaban J connectivity index is 2.65. The van der Waals surface area contributed by atoms with E-state index >= 15 is 0 Å². The topological polar surface area (TPSA) is 49.4 Å². The molecular formula is C14H18Cl2N2O2. The van der Waals surface area contributed by atoms with Gasteiger partial charge in [0.25, 0.3) is 0 Å². The second-order valence-electron chi connectivity index (χ2n) is 4.47. The highest BCUT2D eigenvalue weighted by atomic mass is 35.5. The van der Waals surface area contributed by atoms with Gasteiger partial charge in [0, 0.05) is 18.5 Å². The number of halogens is 2. The van der Waals surface area contributed by atoms with E-state index in [9.17, 15) is 9.59 Å². The number of nitrogens with one attached hydrogen (secondary N) is 1. The summed E-state index contributed by atoms with van der Waals surface area (Å²) < 4.78 is 0. The van der Waals surface area contributed by atoms with Crippen molar-refractivity contribution in [3.8, 4) is 0 Å². The molecule has 6 heteroatoms. The molecule has 0 atom stereocenters. The summed E-state index contributed by atoms with van der Waals surface area (Å²) in [6.07, 6.45) is 1.83. The molecule has 1 N–H and O–H groups in total. The predicted molar refractivity (Wildman–Crippen MR) is 82.3 cm³/mol. The Hall–Kier alpha value is -1.26. The Bertz CT molecular complexity index is 492. The van der Waals surface area contributed by atoms with Crippen LogP contribution in [0.4, 0.5) is 5.69 Å². The Morgan fingerprint density at radius 1 is 1.30 bits per heavy atom. The fourth-order valence-corrected chi connectivity index (χ4v) is 1.99. The van der Waals surface area contributed by atoms with E-state index in [0.717, 1.165) is 12.8 Å². The lowest BCUT2D eigenvalue weighted by Gasteiger charge is -2.20. The summed E-state index contributed by atoms with van der Waals surface area (Å²) in [6.45, 7) is 4.07. The van der Waals surface area contributed by atoms with Crippen molar-refractivity contribution in [2.75, 3.05) is 18.4 Å². The summed E-state index contributed by atoms with van der Waals surface area (Å²) in [6, 6.07) is 4.83. The first-order chi connectivity index (χ1) is 9.43. The fourth-order valence-electron chi connectivity index (χ4n) is 1.65. The quantitative estimate of drug-likeness (QED) is 0.872. The van der Waals surface area contributed by atoms with E-state index in [1.54, 1.807) is 18.2 Å². The number of carbonyl (C=O) groups is 2. The molecule has 0 saturated carbocycles. The molecular weight excluding hydrogens is 299 g/mol. The van der Waals surface area contributed by atoms with Gasteiger partial charge in [-0.1, -0.05) is 36.5 Å². The molecule has 1 rings (SSSR count). The van der Waals surface area contributed by atoms with Crippen molar-refractivity contribution in [1.82, 2.24) is 4.90 Å². The predicted octanol–water partition coefficient (Wildman–Crippen LogP) is 3.58. The maximum absolute atomic E-state index is 11.9. The van der Waals surface area contributed by atoms with E-state index in [4.69, 9.17) is 23.2 Å². The largest absolute Gasteiger partial charge is 0.334 e. The molecule has 4 nitrogen and oxygen atoms in total. The van der Waals surface area contributed by atoms with Crippen LogP contribution in [0, 0.1) is 0 Å². The van der Waals surface area contributed by atoms with Gasteiger partial charge in [0.1, 0.15) is 0 Å². The number of amides is 2.